The molecule has 0 aromatic heterocycles. The minimum atomic E-state index is -4.41. The molecule has 0 aliphatic carbocycles. The van der Waals surface area contributed by atoms with E-state index in [2.05, 4.69) is 15.9 Å². The molecular formula is C19H26BrF4N2O2+. The Morgan fingerprint density at radius 2 is 2.00 bits per heavy atom. The van der Waals surface area contributed by atoms with Crippen LogP contribution in [0.5, 0.6) is 0 Å². The van der Waals surface area contributed by atoms with Gasteiger partial charge in [-0.05, 0) is 32.4 Å². The molecule has 1 amide bonds. The second-order valence-corrected chi connectivity index (χ2v) is 9.36. The summed E-state index contributed by atoms with van der Waals surface area (Å²) in [6.45, 7) is 6.16. The minimum Gasteiger partial charge on any atom is -0.414 e. The first-order chi connectivity index (χ1) is 12.7. The van der Waals surface area contributed by atoms with Crippen LogP contribution in [0.15, 0.2) is 24.3 Å². The lowest BCUT2D eigenvalue weighted by atomic mass is 10.1. The minimum absolute atomic E-state index is 0.00317. The lowest BCUT2D eigenvalue weighted by Crippen LogP contribution is -2.65. The number of ether oxygens (including phenoxy) is 1. The van der Waals surface area contributed by atoms with Crippen LogP contribution in [-0.4, -0.2) is 60.6 Å². The first-order valence-electron chi connectivity index (χ1n) is 8.99. The summed E-state index contributed by atoms with van der Waals surface area (Å²) < 4.78 is 58.4. The fourth-order valence-electron chi connectivity index (χ4n) is 2.95. The molecule has 0 radical (unpaired) electrons. The lowest BCUT2D eigenvalue weighted by Gasteiger charge is -2.42. The predicted octanol–water partition coefficient (Wildman–Crippen LogP) is 5.13. The summed E-state index contributed by atoms with van der Waals surface area (Å²) in [4.78, 5) is 13.8. The zero-order valence-electron chi connectivity index (χ0n) is 16.4. The second kappa shape index (κ2) is 8.28. The van der Waals surface area contributed by atoms with Crippen molar-refractivity contribution in [1.82, 2.24) is 4.90 Å². The van der Waals surface area contributed by atoms with E-state index in [0.29, 0.717) is 18.7 Å². The van der Waals surface area contributed by atoms with Crippen molar-refractivity contribution >= 4 is 22.0 Å². The van der Waals surface area contributed by atoms with Crippen LogP contribution in [0.4, 0.5) is 22.4 Å². The van der Waals surface area contributed by atoms with Gasteiger partial charge in [-0.15, -0.1) is 0 Å². The van der Waals surface area contributed by atoms with Crippen LogP contribution < -0.4 is 0 Å². The summed E-state index contributed by atoms with van der Waals surface area (Å²) in [5, 5.41) is 0. The Balaban J connectivity index is 2.02. The van der Waals surface area contributed by atoms with Crippen molar-refractivity contribution in [2.24, 2.45) is 0 Å². The Morgan fingerprint density at radius 1 is 1.36 bits per heavy atom. The van der Waals surface area contributed by atoms with Crippen molar-refractivity contribution < 1.29 is 31.6 Å². The van der Waals surface area contributed by atoms with Crippen LogP contribution >= 0.6 is 15.9 Å². The molecule has 0 N–H and O–H groups in total. The van der Waals surface area contributed by atoms with Crippen molar-refractivity contribution in [3.63, 3.8) is 0 Å². The number of carbonyl (C=O) groups excluding carboxylic acids is 1. The summed E-state index contributed by atoms with van der Waals surface area (Å²) in [6.07, 6.45) is -6.51. The van der Waals surface area contributed by atoms with Gasteiger partial charge in [-0.1, -0.05) is 34.1 Å². The maximum atomic E-state index is 14.8. The highest BCUT2D eigenvalue weighted by Gasteiger charge is 2.48. The van der Waals surface area contributed by atoms with Gasteiger partial charge in [-0.2, -0.15) is 26.8 Å². The maximum Gasteiger partial charge on any atom is 0.518 e. The quantitative estimate of drug-likeness (QED) is 0.266. The number of quaternary nitrogens is 1. The Morgan fingerprint density at radius 3 is 2.54 bits per heavy atom. The number of halogens is 5. The third-order valence-electron chi connectivity index (χ3n) is 4.71. The normalized spacial score (nSPS) is 25.4. The van der Waals surface area contributed by atoms with E-state index >= 15 is 0 Å². The number of likely N-dealkylation sites (N-methyl/N-ethyl adjacent to an activating group) is 1. The van der Waals surface area contributed by atoms with Gasteiger partial charge < -0.3 is 4.74 Å². The molecule has 2 unspecified atom stereocenters. The molecule has 158 valence electrons. The van der Waals surface area contributed by atoms with E-state index < -0.39 is 34.2 Å². The number of carbonyl (C=O) groups is 1. The second-order valence-electron chi connectivity index (χ2n) is 8.26. The highest BCUT2D eigenvalue weighted by atomic mass is 79.9. The fourth-order valence-corrected chi connectivity index (χ4v) is 3.65. The van der Waals surface area contributed by atoms with Crippen molar-refractivity contribution in [2.75, 3.05) is 33.2 Å². The number of hydrogen-bond donors (Lipinski definition) is 0. The zero-order chi connectivity index (χ0) is 21.3. The molecule has 1 heterocycles. The molecule has 1 aliphatic rings. The van der Waals surface area contributed by atoms with E-state index in [1.165, 1.54) is 13.1 Å². The number of alkyl halides is 5. The van der Waals surface area contributed by atoms with Crippen molar-refractivity contribution in [3.05, 3.63) is 35.4 Å². The van der Waals surface area contributed by atoms with E-state index in [1.54, 1.807) is 31.7 Å². The van der Waals surface area contributed by atoms with Gasteiger partial charge in [0.15, 0.2) is 0 Å². The summed E-state index contributed by atoms with van der Waals surface area (Å²) in [5.74, 6) is 0. The first-order valence-corrected chi connectivity index (χ1v) is 9.90. The third kappa shape index (κ3) is 5.67. The van der Waals surface area contributed by atoms with Crippen LogP contribution in [0.1, 0.15) is 36.7 Å². The van der Waals surface area contributed by atoms with Crippen LogP contribution in [0.2, 0.25) is 0 Å². The molecule has 1 saturated heterocycles. The van der Waals surface area contributed by atoms with E-state index in [0.717, 1.165) is 12.1 Å². The van der Waals surface area contributed by atoms with Crippen LogP contribution in [0, 0.1) is 0 Å². The third-order valence-corrected chi connectivity index (χ3v) is 5.53. The van der Waals surface area contributed by atoms with Gasteiger partial charge in [0.05, 0.1) is 24.0 Å². The van der Waals surface area contributed by atoms with Gasteiger partial charge in [-0.3, -0.25) is 4.90 Å². The number of amides is 1. The summed E-state index contributed by atoms with van der Waals surface area (Å²) in [7, 11) is 1.51. The van der Waals surface area contributed by atoms with Crippen molar-refractivity contribution in [2.45, 2.75) is 43.7 Å². The Bertz CT molecular complexity index is 708. The van der Waals surface area contributed by atoms with Crippen molar-refractivity contribution in [3.8, 4) is 0 Å². The number of nitrogens with zero attached hydrogens (tertiary/aromatic N) is 2. The molecule has 1 aromatic rings. The molecule has 1 fully saturated rings. The smallest absolute Gasteiger partial charge is 0.414 e. The molecular weight excluding hydrogens is 444 g/mol. The molecule has 2 rings (SSSR count). The van der Waals surface area contributed by atoms with Crippen molar-refractivity contribution in [1.29, 1.82) is 0 Å². The van der Waals surface area contributed by atoms with Gasteiger partial charge in [0.1, 0.15) is 12.1 Å². The standard InChI is InChI=1S/C19H26BrF4N2O2/c1-18(2,3)28-17(27)26(4)9-8-25(12-16(26)21)11-15(20)13-6-5-7-14(10-13)19(22,23)24/h5-7,10,15-16H,8-9,11-12H2,1-4H3/q+1/t15?,16-,26?/m0/s1. The number of benzene rings is 1. The van der Waals surface area contributed by atoms with Gasteiger partial charge in [-0.25, -0.2) is 0 Å². The highest BCUT2D eigenvalue weighted by Crippen LogP contribution is 2.33. The number of rotatable bonds is 3. The van der Waals surface area contributed by atoms with E-state index in [9.17, 15) is 22.4 Å². The monoisotopic (exact) mass is 469 g/mol. The maximum absolute atomic E-state index is 14.8. The van der Waals surface area contributed by atoms with Crippen LogP contribution in [0.25, 0.3) is 0 Å². The Hall–Kier alpha value is -1.19. The molecule has 3 atom stereocenters. The van der Waals surface area contributed by atoms with Gasteiger partial charge >= 0.3 is 12.3 Å². The molecule has 4 nitrogen and oxygen atoms in total. The SMILES string of the molecule is CC(C)(C)OC(=O)[N+]1(C)CCN(CC(Br)c2cccc(C(F)(F)F)c2)C[C@H]1F. The van der Waals surface area contributed by atoms with Gasteiger partial charge in [0.2, 0.25) is 0 Å². The topological polar surface area (TPSA) is 29.5 Å². The van der Waals surface area contributed by atoms with Gasteiger partial charge in [0, 0.05) is 13.1 Å². The fraction of sp³-hybridized carbons (Fsp3) is 0.632. The average Bonchev–Trinajstić information content (AvgIpc) is 2.56. The van der Waals surface area contributed by atoms with Crippen LogP contribution in [0.3, 0.4) is 0 Å². The van der Waals surface area contributed by atoms with Gasteiger partial charge in [0.25, 0.3) is 6.30 Å². The van der Waals surface area contributed by atoms with E-state index in [-0.39, 0.29) is 17.9 Å². The van der Waals surface area contributed by atoms with E-state index in [4.69, 9.17) is 4.74 Å². The lowest BCUT2D eigenvalue weighted by molar-refractivity contribution is -0.885. The zero-order valence-corrected chi connectivity index (χ0v) is 18.0. The van der Waals surface area contributed by atoms with E-state index in [1.807, 2.05) is 0 Å². The Labute approximate surface area is 171 Å². The number of hydrogen-bond acceptors (Lipinski definition) is 3. The first kappa shape index (κ1) is 23.1. The summed E-state index contributed by atoms with van der Waals surface area (Å²) in [5.41, 5.74) is -0.953. The average molecular weight is 470 g/mol. The molecule has 9 heteroatoms. The molecule has 0 saturated carbocycles. The summed E-state index contributed by atoms with van der Waals surface area (Å²) >= 11 is 3.41. The predicted molar refractivity (Wildman–Crippen MR) is 102 cm³/mol. The highest BCUT2D eigenvalue weighted by molar-refractivity contribution is 9.09. The molecule has 28 heavy (non-hydrogen) atoms. The molecule has 0 spiro atoms. The molecule has 0 bridgehead atoms. The molecule has 1 aliphatic heterocycles. The van der Waals surface area contributed by atoms with Crippen LogP contribution in [-0.2, 0) is 10.9 Å². The largest absolute Gasteiger partial charge is 0.518 e. The summed E-state index contributed by atoms with van der Waals surface area (Å²) in [6, 6.07) is 5.08. The molecule has 1 aromatic carbocycles. The number of piperazine rings is 1. The Kier molecular flexibility index (Phi) is 6.83.